The van der Waals surface area contributed by atoms with Crippen LogP contribution in [0.15, 0.2) is 66.8 Å². The maximum absolute atomic E-state index is 13.1. The van der Waals surface area contributed by atoms with Crippen LogP contribution >= 0.6 is 0 Å². The molecule has 1 aromatic heterocycles. The lowest BCUT2D eigenvalue weighted by Crippen LogP contribution is -2.07. The van der Waals surface area contributed by atoms with Crippen LogP contribution in [-0.2, 0) is 6.18 Å². The first-order chi connectivity index (χ1) is 11.3. The minimum atomic E-state index is -4.50. The molecule has 24 heavy (non-hydrogen) atoms. The van der Waals surface area contributed by atoms with Crippen LogP contribution in [0.4, 0.5) is 13.2 Å². The van der Waals surface area contributed by atoms with Gasteiger partial charge in [-0.15, -0.1) is 0 Å². The van der Waals surface area contributed by atoms with Crippen molar-refractivity contribution in [1.29, 1.82) is 0 Å². The van der Waals surface area contributed by atoms with Gasteiger partial charge in [-0.2, -0.15) is 18.3 Å². The van der Waals surface area contributed by atoms with Gasteiger partial charge in [0.2, 0.25) is 0 Å². The van der Waals surface area contributed by atoms with E-state index in [1.165, 1.54) is 4.68 Å². The molecule has 0 fully saturated rings. The Morgan fingerprint density at radius 1 is 1.21 bits per heavy atom. The van der Waals surface area contributed by atoms with E-state index < -0.39 is 11.9 Å². The van der Waals surface area contributed by atoms with E-state index in [1.54, 1.807) is 42.5 Å². The lowest BCUT2D eigenvalue weighted by atomic mass is 10.1. The van der Waals surface area contributed by atoms with E-state index in [4.69, 9.17) is 0 Å². The zero-order chi connectivity index (χ0) is 17.7. The Morgan fingerprint density at radius 3 is 2.42 bits per heavy atom. The standard InChI is InChI=1S/C19H19F3N2/c1-4-8-15(12-11-14(2)3)17-13-18(19(20,21)22)23-24(17)16-9-6-5-7-10-16/h5-13H,2,4H2,1,3H3/b12-11-,15-8+. The van der Waals surface area contributed by atoms with Gasteiger partial charge in [-0.1, -0.05) is 55.5 Å². The van der Waals surface area contributed by atoms with Gasteiger partial charge in [-0.3, -0.25) is 0 Å². The van der Waals surface area contributed by atoms with Gasteiger partial charge in [0.25, 0.3) is 0 Å². The van der Waals surface area contributed by atoms with E-state index in [-0.39, 0.29) is 0 Å². The van der Waals surface area contributed by atoms with Crippen LogP contribution < -0.4 is 0 Å². The molecule has 0 amide bonds. The molecular formula is C19H19F3N2. The molecule has 0 aliphatic heterocycles. The molecule has 0 aliphatic rings. The summed E-state index contributed by atoms with van der Waals surface area (Å²) in [7, 11) is 0. The van der Waals surface area contributed by atoms with Gasteiger partial charge < -0.3 is 0 Å². The molecule has 0 N–H and O–H groups in total. The van der Waals surface area contributed by atoms with Gasteiger partial charge in [-0.25, -0.2) is 4.68 Å². The zero-order valence-corrected chi connectivity index (χ0v) is 13.6. The first-order valence-electron chi connectivity index (χ1n) is 7.59. The molecule has 0 radical (unpaired) electrons. The molecular weight excluding hydrogens is 313 g/mol. The first kappa shape index (κ1) is 17.8. The minimum absolute atomic E-state index is 0.396. The number of para-hydroxylation sites is 1. The number of rotatable bonds is 5. The molecule has 2 nitrogen and oxygen atoms in total. The minimum Gasteiger partial charge on any atom is -0.233 e. The van der Waals surface area contributed by atoms with Gasteiger partial charge in [0, 0.05) is 0 Å². The summed E-state index contributed by atoms with van der Waals surface area (Å²) in [5.74, 6) is 0. The molecule has 0 bridgehead atoms. The van der Waals surface area contributed by atoms with Gasteiger partial charge in [0.15, 0.2) is 5.69 Å². The van der Waals surface area contributed by atoms with E-state index in [2.05, 4.69) is 11.7 Å². The molecule has 0 saturated carbocycles. The number of allylic oxidation sites excluding steroid dienone is 5. The molecule has 0 saturated heterocycles. The van der Waals surface area contributed by atoms with E-state index in [0.29, 0.717) is 23.4 Å². The Hall–Kier alpha value is -2.56. The van der Waals surface area contributed by atoms with Crippen molar-refractivity contribution in [3.05, 3.63) is 78.2 Å². The molecule has 2 rings (SSSR count). The SMILES string of the molecule is C=C(C)/C=C\C(=C/CC)c1cc(C(F)(F)F)nn1-c1ccccc1. The van der Waals surface area contributed by atoms with Crippen molar-refractivity contribution in [1.82, 2.24) is 9.78 Å². The van der Waals surface area contributed by atoms with Crippen molar-refractivity contribution in [2.45, 2.75) is 26.4 Å². The van der Waals surface area contributed by atoms with Crippen LogP contribution in [0.1, 0.15) is 31.7 Å². The molecule has 0 atom stereocenters. The summed E-state index contributed by atoms with van der Waals surface area (Å²) in [5.41, 5.74) is 1.56. The summed E-state index contributed by atoms with van der Waals surface area (Å²) >= 11 is 0. The highest BCUT2D eigenvalue weighted by molar-refractivity contribution is 5.73. The van der Waals surface area contributed by atoms with Crippen LogP contribution in [-0.4, -0.2) is 9.78 Å². The van der Waals surface area contributed by atoms with Gasteiger partial charge in [0.05, 0.1) is 11.4 Å². The van der Waals surface area contributed by atoms with Gasteiger partial charge in [-0.05, 0) is 37.1 Å². The average Bonchev–Trinajstić information content (AvgIpc) is 2.97. The fraction of sp³-hybridized carbons (Fsp3) is 0.211. The second-order valence-corrected chi connectivity index (χ2v) is 5.41. The first-order valence-corrected chi connectivity index (χ1v) is 7.59. The van der Waals surface area contributed by atoms with Crippen molar-refractivity contribution in [3.63, 3.8) is 0 Å². The van der Waals surface area contributed by atoms with Crippen LogP contribution in [0.3, 0.4) is 0 Å². The Morgan fingerprint density at radius 2 is 1.88 bits per heavy atom. The fourth-order valence-electron chi connectivity index (χ4n) is 2.20. The number of aromatic nitrogens is 2. The number of benzene rings is 1. The van der Waals surface area contributed by atoms with Crippen molar-refractivity contribution < 1.29 is 13.2 Å². The van der Waals surface area contributed by atoms with E-state index in [0.717, 1.165) is 11.6 Å². The third-order valence-electron chi connectivity index (χ3n) is 3.27. The van der Waals surface area contributed by atoms with Crippen LogP contribution in [0.25, 0.3) is 11.3 Å². The van der Waals surface area contributed by atoms with Crippen LogP contribution in [0.5, 0.6) is 0 Å². The average molecular weight is 332 g/mol. The number of hydrogen-bond acceptors (Lipinski definition) is 1. The Kier molecular flexibility index (Phi) is 5.44. The third-order valence-corrected chi connectivity index (χ3v) is 3.27. The Balaban J connectivity index is 2.64. The number of halogens is 3. The third kappa shape index (κ3) is 4.25. The van der Waals surface area contributed by atoms with Crippen molar-refractivity contribution in [3.8, 4) is 5.69 Å². The highest BCUT2D eigenvalue weighted by Crippen LogP contribution is 2.32. The van der Waals surface area contributed by atoms with Crippen LogP contribution in [0.2, 0.25) is 0 Å². The van der Waals surface area contributed by atoms with Crippen LogP contribution in [0, 0.1) is 0 Å². The quantitative estimate of drug-likeness (QED) is 0.631. The predicted molar refractivity (Wildman–Crippen MR) is 90.8 cm³/mol. The molecule has 2 aromatic rings. The topological polar surface area (TPSA) is 17.8 Å². The second kappa shape index (κ2) is 7.34. The lowest BCUT2D eigenvalue weighted by Gasteiger charge is -2.08. The number of alkyl halides is 3. The summed E-state index contributed by atoms with van der Waals surface area (Å²) in [6.07, 6.45) is 1.61. The molecule has 0 spiro atoms. The molecule has 0 unspecified atom stereocenters. The Labute approximate surface area is 139 Å². The lowest BCUT2D eigenvalue weighted by molar-refractivity contribution is -0.141. The van der Waals surface area contributed by atoms with E-state index in [1.807, 2.05) is 19.9 Å². The second-order valence-electron chi connectivity index (χ2n) is 5.41. The number of hydrogen-bond donors (Lipinski definition) is 0. The highest BCUT2D eigenvalue weighted by atomic mass is 19.4. The molecule has 126 valence electrons. The molecule has 0 aliphatic carbocycles. The predicted octanol–water partition coefficient (Wildman–Crippen LogP) is 5.82. The summed E-state index contributed by atoms with van der Waals surface area (Å²) in [6, 6.07) is 9.87. The highest BCUT2D eigenvalue weighted by Gasteiger charge is 2.35. The van der Waals surface area contributed by atoms with E-state index >= 15 is 0 Å². The summed E-state index contributed by atoms with van der Waals surface area (Å²) < 4.78 is 40.7. The van der Waals surface area contributed by atoms with Gasteiger partial charge in [0.1, 0.15) is 0 Å². The molecule has 1 aromatic carbocycles. The van der Waals surface area contributed by atoms with E-state index in [9.17, 15) is 13.2 Å². The zero-order valence-electron chi connectivity index (χ0n) is 13.6. The summed E-state index contributed by atoms with van der Waals surface area (Å²) in [5, 5.41) is 3.78. The van der Waals surface area contributed by atoms with Gasteiger partial charge >= 0.3 is 6.18 Å². The largest absolute Gasteiger partial charge is 0.435 e. The molecule has 5 heteroatoms. The smallest absolute Gasteiger partial charge is 0.233 e. The summed E-state index contributed by atoms with van der Waals surface area (Å²) in [6.45, 7) is 7.55. The van der Waals surface area contributed by atoms with Crippen molar-refractivity contribution in [2.24, 2.45) is 0 Å². The molecule has 1 heterocycles. The van der Waals surface area contributed by atoms with Crippen molar-refractivity contribution >= 4 is 5.57 Å². The normalized spacial score (nSPS) is 12.8. The maximum Gasteiger partial charge on any atom is 0.435 e. The van der Waals surface area contributed by atoms with Crippen molar-refractivity contribution in [2.75, 3.05) is 0 Å². The fourth-order valence-corrected chi connectivity index (χ4v) is 2.20. The summed E-state index contributed by atoms with van der Waals surface area (Å²) in [4.78, 5) is 0. The Bertz CT molecular complexity index is 766. The maximum atomic E-state index is 13.1. The monoisotopic (exact) mass is 332 g/mol. The number of nitrogens with zero attached hydrogens (tertiary/aromatic N) is 2.